The number of nitrogens with one attached hydrogen (secondary N) is 1. The first kappa shape index (κ1) is 17.7. The van der Waals surface area contributed by atoms with Gasteiger partial charge in [0.15, 0.2) is 17.2 Å². The second-order valence-corrected chi connectivity index (χ2v) is 6.61. The van der Waals surface area contributed by atoms with Crippen molar-refractivity contribution < 1.29 is 9.32 Å². The molecule has 4 aromatic heterocycles. The molecule has 0 radical (unpaired) electrons. The van der Waals surface area contributed by atoms with Crippen molar-refractivity contribution in [1.82, 2.24) is 30.0 Å². The lowest BCUT2D eigenvalue weighted by Gasteiger charge is -2.06. The standard InChI is InChI=1S/C21H15N7O2/c1-13-11-18(27-30-13)21(29)23-16-6-4-14(5-7-16)17-8-9-19-24-25-20(28(19)26-17)15-3-2-10-22-12-15/h2-12H,1H3,(H,23,29). The highest BCUT2D eigenvalue weighted by Gasteiger charge is 2.13. The highest BCUT2D eigenvalue weighted by molar-refractivity contribution is 6.02. The van der Waals surface area contributed by atoms with Gasteiger partial charge in [-0.25, -0.2) is 0 Å². The minimum absolute atomic E-state index is 0.235. The van der Waals surface area contributed by atoms with Crippen LogP contribution in [-0.2, 0) is 0 Å². The van der Waals surface area contributed by atoms with Crippen LogP contribution in [0.4, 0.5) is 5.69 Å². The highest BCUT2D eigenvalue weighted by atomic mass is 16.5. The average molecular weight is 397 g/mol. The van der Waals surface area contributed by atoms with Gasteiger partial charge in [0.25, 0.3) is 5.91 Å². The Morgan fingerprint density at radius 2 is 1.90 bits per heavy atom. The van der Waals surface area contributed by atoms with Gasteiger partial charge in [0.05, 0.1) is 5.69 Å². The molecule has 0 atom stereocenters. The summed E-state index contributed by atoms with van der Waals surface area (Å²) in [7, 11) is 0. The molecule has 0 aliphatic rings. The SMILES string of the molecule is Cc1cc(C(=O)Nc2ccc(-c3ccc4nnc(-c5cccnc5)n4n3)cc2)no1. The Balaban J connectivity index is 1.42. The normalized spacial score (nSPS) is 11.0. The Morgan fingerprint density at radius 3 is 2.63 bits per heavy atom. The van der Waals surface area contributed by atoms with Gasteiger partial charge in [-0.15, -0.1) is 10.2 Å². The van der Waals surface area contributed by atoms with E-state index in [0.717, 1.165) is 16.8 Å². The van der Waals surface area contributed by atoms with Gasteiger partial charge in [0.1, 0.15) is 5.76 Å². The molecule has 9 nitrogen and oxygen atoms in total. The van der Waals surface area contributed by atoms with Crippen molar-refractivity contribution in [3.63, 3.8) is 0 Å². The number of aryl methyl sites for hydroxylation is 1. The lowest BCUT2D eigenvalue weighted by molar-refractivity contribution is 0.101. The number of amides is 1. The Kier molecular flexibility index (Phi) is 4.25. The van der Waals surface area contributed by atoms with Crippen LogP contribution >= 0.6 is 0 Å². The molecule has 9 heteroatoms. The van der Waals surface area contributed by atoms with Crippen molar-refractivity contribution in [2.45, 2.75) is 6.92 Å². The minimum atomic E-state index is -0.329. The number of anilines is 1. The van der Waals surface area contributed by atoms with E-state index in [1.54, 1.807) is 42.0 Å². The number of nitrogens with zero attached hydrogens (tertiary/aromatic N) is 6. The summed E-state index contributed by atoms with van der Waals surface area (Å²) < 4.78 is 6.62. The lowest BCUT2D eigenvalue weighted by atomic mass is 10.1. The summed E-state index contributed by atoms with van der Waals surface area (Å²) in [6.07, 6.45) is 3.42. The van der Waals surface area contributed by atoms with Crippen LogP contribution in [0.3, 0.4) is 0 Å². The molecule has 1 aromatic carbocycles. The van der Waals surface area contributed by atoms with Gasteiger partial charge < -0.3 is 9.84 Å². The molecule has 5 rings (SSSR count). The second kappa shape index (κ2) is 7.21. The molecule has 4 heterocycles. The first-order chi connectivity index (χ1) is 14.7. The van der Waals surface area contributed by atoms with Crippen LogP contribution in [0.5, 0.6) is 0 Å². The fourth-order valence-electron chi connectivity index (χ4n) is 3.01. The number of pyridine rings is 1. The number of fused-ring (bicyclic) bond motifs is 1. The third-order valence-electron chi connectivity index (χ3n) is 4.48. The summed E-state index contributed by atoms with van der Waals surface area (Å²) >= 11 is 0. The smallest absolute Gasteiger partial charge is 0.277 e. The van der Waals surface area contributed by atoms with Crippen LogP contribution in [0.1, 0.15) is 16.2 Å². The van der Waals surface area contributed by atoms with E-state index in [9.17, 15) is 4.79 Å². The molecule has 0 unspecified atom stereocenters. The van der Waals surface area contributed by atoms with Crippen LogP contribution in [0.25, 0.3) is 28.3 Å². The van der Waals surface area contributed by atoms with Crippen LogP contribution in [0.2, 0.25) is 0 Å². The van der Waals surface area contributed by atoms with Gasteiger partial charge in [-0.05, 0) is 43.3 Å². The molecule has 0 aliphatic heterocycles. The fourth-order valence-corrected chi connectivity index (χ4v) is 3.01. The molecular weight excluding hydrogens is 382 g/mol. The van der Waals surface area contributed by atoms with Gasteiger partial charge >= 0.3 is 0 Å². The molecule has 30 heavy (non-hydrogen) atoms. The van der Waals surface area contributed by atoms with Gasteiger partial charge in [0, 0.05) is 35.3 Å². The Labute approximate surface area is 170 Å². The fraction of sp³-hybridized carbons (Fsp3) is 0.0476. The van der Waals surface area contributed by atoms with Gasteiger partial charge in [-0.2, -0.15) is 9.61 Å². The van der Waals surface area contributed by atoms with Crippen molar-refractivity contribution >= 4 is 17.2 Å². The first-order valence-corrected chi connectivity index (χ1v) is 9.15. The van der Waals surface area contributed by atoms with Crippen LogP contribution in [0, 0.1) is 6.92 Å². The minimum Gasteiger partial charge on any atom is -0.361 e. The topological polar surface area (TPSA) is 111 Å². The number of hydrogen-bond donors (Lipinski definition) is 1. The number of benzene rings is 1. The summed E-state index contributed by atoms with van der Waals surface area (Å²) in [5, 5.41) is 19.6. The van der Waals surface area contributed by atoms with Crippen molar-refractivity contribution in [1.29, 1.82) is 0 Å². The quantitative estimate of drug-likeness (QED) is 0.495. The molecule has 0 saturated heterocycles. The number of aromatic nitrogens is 6. The molecule has 0 fully saturated rings. The average Bonchev–Trinajstić information content (AvgIpc) is 3.41. The summed E-state index contributed by atoms with van der Waals surface area (Å²) in [6, 6.07) is 16.4. The Morgan fingerprint density at radius 1 is 1.03 bits per heavy atom. The summed E-state index contributed by atoms with van der Waals surface area (Å²) in [4.78, 5) is 16.3. The zero-order valence-corrected chi connectivity index (χ0v) is 15.9. The number of hydrogen-bond acceptors (Lipinski definition) is 7. The van der Waals surface area contributed by atoms with E-state index in [2.05, 4.69) is 30.8 Å². The summed E-state index contributed by atoms with van der Waals surface area (Å²) in [5.41, 5.74) is 3.99. The zero-order valence-electron chi connectivity index (χ0n) is 15.9. The number of carbonyl (C=O) groups excluding carboxylic acids is 1. The largest absolute Gasteiger partial charge is 0.361 e. The van der Waals surface area contributed by atoms with Crippen molar-refractivity contribution in [2.24, 2.45) is 0 Å². The van der Waals surface area contributed by atoms with E-state index in [1.165, 1.54) is 0 Å². The molecule has 0 aliphatic carbocycles. The second-order valence-electron chi connectivity index (χ2n) is 6.61. The molecule has 0 saturated carbocycles. The van der Waals surface area contributed by atoms with Crippen LogP contribution in [0.15, 0.2) is 71.5 Å². The molecule has 5 aromatic rings. The van der Waals surface area contributed by atoms with Crippen molar-refractivity contribution in [3.05, 3.63) is 78.4 Å². The molecule has 1 N–H and O–H groups in total. The predicted molar refractivity (Wildman–Crippen MR) is 109 cm³/mol. The van der Waals surface area contributed by atoms with E-state index in [4.69, 9.17) is 4.52 Å². The first-order valence-electron chi connectivity index (χ1n) is 9.15. The number of rotatable bonds is 4. The van der Waals surface area contributed by atoms with E-state index in [1.807, 2.05) is 36.4 Å². The molecule has 0 bridgehead atoms. The van der Waals surface area contributed by atoms with Gasteiger partial charge in [-0.3, -0.25) is 9.78 Å². The summed E-state index contributed by atoms with van der Waals surface area (Å²) in [6.45, 7) is 1.73. The maximum Gasteiger partial charge on any atom is 0.277 e. The molecule has 0 spiro atoms. The Bertz CT molecular complexity index is 1340. The van der Waals surface area contributed by atoms with Crippen molar-refractivity contribution in [2.75, 3.05) is 5.32 Å². The van der Waals surface area contributed by atoms with Gasteiger partial charge in [0.2, 0.25) is 0 Å². The lowest BCUT2D eigenvalue weighted by Crippen LogP contribution is -2.12. The third kappa shape index (κ3) is 3.28. The van der Waals surface area contributed by atoms with E-state index >= 15 is 0 Å². The van der Waals surface area contributed by atoms with E-state index < -0.39 is 0 Å². The van der Waals surface area contributed by atoms with Gasteiger partial charge in [-0.1, -0.05) is 17.3 Å². The highest BCUT2D eigenvalue weighted by Crippen LogP contribution is 2.22. The number of carbonyl (C=O) groups is 1. The maximum atomic E-state index is 12.2. The molecular formula is C21H15N7O2. The Hall–Kier alpha value is -4.40. The maximum absolute atomic E-state index is 12.2. The zero-order chi connectivity index (χ0) is 20.5. The monoisotopic (exact) mass is 397 g/mol. The van der Waals surface area contributed by atoms with Crippen molar-refractivity contribution in [3.8, 4) is 22.6 Å². The van der Waals surface area contributed by atoms with E-state index in [-0.39, 0.29) is 11.6 Å². The van der Waals surface area contributed by atoms with E-state index in [0.29, 0.717) is 22.9 Å². The van der Waals surface area contributed by atoms with Crippen LogP contribution in [-0.4, -0.2) is 35.9 Å². The molecule has 146 valence electrons. The summed E-state index contributed by atoms with van der Waals surface area (Å²) in [5.74, 6) is 0.869. The predicted octanol–water partition coefficient (Wildman–Crippen LogP) is 3.40. The third-order valence-corrected chi connectivity index (χ3v) is 4.48. The molecule has 1 amide bonds. The van der Waals surface area contributed by atoms with Crippen LogP contribution < -0.4 is 5.32 Å².